The van der Waals surface area contributed by atoms with E-state index in [2.05, 4.69) is 0 Å². The quantitative estimate of drug-likeness (QED) is 0.207. The van der Waals surface area contributed by atoms with Gasteiger partial charge in [-0.15, -0.1) is 0 Å². The summed E-state index contributed by atoms with van der Waals surface area (Å²) in [6.45, 7) is 0. The van der Waals surface area contributed by atoms with Crippen LogP contribution in [0.3, 0.4) is 0 Å². The van der Waals surface area contributed by atoms with Gasteiger partial charge in [0.1, 0.15) is 0 Å². The third kappa shape index (κ3) is 8.78. The second-order valence-corrected chi connectivity index (χ2v) is 8.89. The Bertz CT molecular complexity index is 1290. The minimum Gasteiger partial charge on any atom is -0.870 e. The van der Waals surface area contributed by atoms with Crippen molar-refractivity contribution in [3.05, 3.63) is 108 Å². The monoisotopic (exact) mass is 558 g/mol. The van der Waals surface area contributed by atoms with Crippen LogP contribution in [0.15, 0.2) is 97.1 Å². The van der Waals surface area contributed by atoms with Gasteiger partial charge in [-0.2, -0.15) is 0 Å². The molecule has 0 aliphatic rings. The Labute approximate surface area is 238 Å². The fraction of sp³-hybridized carbons (Fsp3) is 0.133. The summed E-state index contributed by atoms with van der Waals surface area (Å²) in [4.78, 5) is 24.7. The van der Waals surface area contributed by atoms with Gasteiger partial charge in [-0.3, -0.25) is 0 Å². The molecule has 0 fully saturated rings. The van der Waals surface area contributed by atoms with E-state index in [1.54, 1.807) is 50.6 Å². The molecule has 0 unspecified atom stereocenters. The van der Waals surface area contributed by atoms with Crippen molar-refractivity contribution in [1.82, 2.24) is 0 Å². The zero-order valence-electron chi connectivity index (χ0n) is 21.9. The molecule has 10 heteroatoms. The molecule has 1 N–H and O–H groups in total. The molecule has 0 amide bonds. The Hall–Kier alpha value is -4.49. The topological polar surface area (TPSA) is 120 Å². The first kappa shape index (κ1) is 30.1. The molecular weight excluding hydrogens is 531 g/mol. The molecule has 9 nitrogen and oxygen atoms in total. The Morgan fingerprint density at radius 3 is 1.35 bits per heavy atom. The number of rotatable bonds is 12. The Morgan fingerprint density at radius 2 is 0.975 bits per heavy atom. The summed E-state index contributed by atoms with van der Waals surface area (Å²) in [6, 6.07) is 28.9. The van der Waals surface area contributed by atoms with Crippen molar-refractivity contribution in [1.29, 1.82) is 0 Å². The molecule has 0 aliphatic carbocycles. The summed E-state index contributed by atoms with van der Waals surface area (Å²) in [5, 5.41) is 0. The summed E-state index contributed by atoms with van der Waals surface area (Å²) in [5.41, 5.74) is 1.34. The maximum absolute atomic E-state index is 12.4. The second-order valence-electron chi connectivity index (χ2n) is 8.23. The fourth-order valence-electron chi connectivity index (χ4n) is 3.60. The molecule has 0 spiro atoms. The van der Waals surface area contributed by atoms with Crippen molar-refractivity contribution in [2.75, 3.05) is 14.2 Å². The number of benzene rings is 4. The number of ether oxygens (including phenoxy) is 4. The first-order valence-electron chi connectivity index (χ1n) is 12.0. The number of hydrogen-bond donors (Lipinski definition) is 0. The molecule has 204 valence electrons. The van der Waals surface area contributed by atoms with Crippen molar-refractivity contribution in [3.8, 4) is 34.5 Å². The van der Waals surface area contributed by atoms with Gasteiger partial charge < -0.3 is 5.48 Å². The molecule has 0 heterocycles. The van der Waals surface area contributed by atoms with Gasteiger partial charge in [0, 0.05) is 0 Å². The first-order valence-corrected chi connectivity index (χ1v) is 13.0. The van der Waals surface area contributed by atoms with E-state index in [9.17, 15) is 9.59 Å². The SMILES string of the molecule is COc1ccc(CC(=O)[O][Al+][O]C(=O)Cc2ccc(OC)c(Oc3ccccc3)c2)cc1Oc1ccccc1.[OH-]. The molecule has 0 aromatic heterocycles. The van der Waals surface area contributed by atoms with Crippen LogP contribution in [0.5, 0.6) is 34.5 Å². The minimum absolute atomic E-state index is 0. The van der Waals surface area contributed by atoms with E-state index in [0.717, 1.165) is 0 Å². The zero-order valence-corrected chi connectivity index (χ0v) is 23.1. The number of para-hydroxylation sites is 2. The van der Waals surface area contributed by atoms with Crippen LogP contribution in [0, 0.1) is 0 Å². The Morgan fingerprint density at radius 1 is 0.575 bits per heavy atom. The van der Waals surface area contributed by atoms with Gasteiger partial charge in [-0.25, -0.2) is 0 Å². The summed E-state index contributed by atoms with van der Waals surface area (Å²) in [6.07, 6.45) is -0.0310. The average molecular weight is 559 g/mol. The maximum Gasteiger partial charge on any atom is -0.870 e. The van der Waals surface area contributed by atoms with Gasteiger partial charge in [0.05, 0.1) is 0 Å². The van der Waals surface area contributed by atoms with Crippen LogP contribution in [0.2, 0.25) is 0 Å². The Balaban J connectivity index is 0.00000441. The third-order valence-electron chi connectivity index (χ3n) is 5.45. The van der Waals surface area contributed by atoms with Crippen molar-refractivity contribution >= 4 is 27.8 Å². The smallest absolute Gasteiger partial charge is 0.870 e. The molecule has 40 heavy (non-hydrogen) atoms. The minimum atomic E-state index is -1.32. The molecule has 0 aliphatic heterocycles. The number of hydrogen-bond acceptors (Lipinski definition) is 9. The average Bonchev–Trinajstić information content (AvgIpc) is 2.94. The van der Waals surface area contributed by atoms with E-state index >= 15 is 0 Å². The van der Waals surface area contributed by atoms with Crippen molar-refractivity contribution < 1.29 is 41.6 Å². The van der Waals surface area contributed by atoms with E-state index in [4.69, 9.17) is 26.5 Å². The summed E-state index contributed by atoms with van der Waals surface area (Å²) in [5.74, 6) is 2.27. The van der Waals surface area contributed by atoms with Crippen LogP contribution >= 0.6 is 0 Å². The van der Waals surface area contributed by atoms with Crippen LogP contribution in [0.25, 0.3) is 0 Å². The van der Waals surface area contributed by atoms with Gasteiger partial charge >= 0.3 is 234 Å². The predicted octanol–water partition coefficient (Wildman–Crippen LogP) is 5.52. The fourth-order valence-corrected chi connectivity index (χ4v) is 4.03. The van der Waals surface area contributed by atoms with Gasteiger partial charge in [0.15, 0.2) is 0 Å². The Kier molecular flexibility index (Phi) is 11.4. The molecule has 0 saturated heterocycles. The summed E-state index contributed by atoms with van der Waals surface area (Å²) in [7, 11) is 3.09. The van der Waals surface area contributed by atoms with Crippen molar-refractivity contribution in [2.24, 2.45) is 0 Å². The normalized spacial score (nSPS) is 9.85. The van der Waals surface area contributed by atoms with Crippen molar-refractivity contribution in [3.63, 3.8) is 0 Å². The number of carbonyl (C=O) groups is 2. The molecule has 4 aromatic carbocycles. The number of methoxy groups -OCH3 is 2. The predicted molar refractivity (Wildman–Crippen MR) is 146 cm³/mol. The van der Waals surface area contributed by atoms with Crippen LogP contribution in [0.4, 0.5) is 0 Å². The van der Waals surface area contributed by atoms with Gasteiger partial charge in [-0.05, 0) is 0 Å². The molecule has 4 aromatic rings. The molecule has 4 rings (SSSR count). The molecular formula is C30H27AlO9. The molecule has 0 atom stereocenters. The van der Waals surface area contributed by atoms with E-state index in [1.165, 1.54) is 0 Å². The van der Waals surface area contributed by atoms with Gasteiger partial charge in [-0.1, -0.05) is 0 Å². The van der Waals surface area contributed by atoms with E-state index in [1.807, 2.05) is 60.7 Å². The van der Waals surface area contributed by atoms with E-state index < -0.39 is 27.8 Å². The second kappa shape index (κ2) is 15.2. The van der Waals surface area contributed by atoms with E-state index in [0.29, 0.717) is 45.6 Å². The molecule has 0 saturated carbocycles. The molecule has 0 radical (unpaired) electrons. The third-order valence-corrected chi connectivity index (χ3v) is 6.17. The summed E-state index contributed by atoms with van der Waals surface area (Å²) >= 11 is -1.32. The summed E-state index contributed by atoms with van der Waals surface area (Å²) < 4.78 is 32.9. The zero-order chi connectivity index (χ0) is 27.5. The largest absolute Gasteiger partial charge is 0.870 e. The van der Waals surface area contributed by atoms with E-state index in [-0.39, 0.29) is 18.3 Å². The maximum atomic E-state index is 12.4. The van der Waals surface area contributed by atoms with Crippen LogP contribution in [0.1, 0.15) is 11.1 Å². The standard InChI is InChI=1S/2C15H14O4.Al.H2O/c2*1-18-13-8-7-11(10-15(16)17)9-14(13)19-12-5-3-2-4-6-12;;/h2*2-9H,10H2,1H3,(H,16,17);;1H2/q;;+3;/p-3. The van der Waals surface area contributed by atoms with Crippen molar-refractivity contribution in [2.45, 2.75) is 12.8 Å². The van der Waals surface area contributed by atoms with Crippen LogP contribution in [-0.2, 0) is 30.0 Å². The van der Waals surface area contributed by atoms with Crippen LogP contribution in [-0.4, -0.2) is 47.5 Å². The van der Waals surface area contributed by atoms with Crippen LogP contribution < -0.4 is 18.9 Å². The molecule has 0 bridgehead atoms. The first-order chi connectivity index (χ1) is 19.0. The number of carbonyl (C=O) groups excluding carboxylic acids is 2. The van der Waals surface area contributed by atoms with Gasteiger partial charge in [0.25, 0.3) is 0 Å². The van der Waals surface area contributed by atoms with Gasteiger partial charge in [0.2, 0.25) is 0 Å².